The quantitative estimate of drug-likeness (QED) is 0.0586. The molecule has 0 spiro atoms. The molecule has 0 bridgehead atoms. The van der Waals surface area contributed by atoms with Crippen molar-refractivity contribution in [3.05, 3.63) is 34.0 Å². The van der Waals surface area contributed by atoms with Crippen molar-refractivity contribution in [3.8, 4) is 43.9 Å². The van der Waals surface area contributed by atoms with Gasteiger partial charge in [0.1, 0.15) is 26.4 Å². The molecule has 0 saturated carbocycles. The average Bonchev–Trinajstić information content (AvgIpc) is 3.68. The standard InChI is InChI=1S/C58H94O8S2/c1-11-19-23-45(15-5)31-59-35-57(36-60-32-46(16-6)24-20-12-2)39-63-51-43(9)67-55(53(51)65-41-57)49-27-29-50(30-28-49)56-54-52(44(10)68-56)64-40-58(42-66-54,37-61-33-47(17-7)25-21-13-3)38-62-34-48(18-8)26-22-14-4/h27-30,45-48H,11-26,31-42H2,1-10H3. The van der Waals surface area contributed by atoms with Crippen LogP contribution in [0, 0.1) is 48.3 Å². The highest BCUT2D eigenvalue weighted by Crippen LogP contribution is 2.52. The number of aryl methyl sites for hydroxylation is 2. The number of fused-ring (bicyclic) bond motifs is 2. The predicted molar refractivity (Wildman–Crippen MR) is 286 cm³/mol. The molecule has 0 N–H and O–H groups in total. The third kappa shape index (κ3) is 16.3. The van der Waals surface area contributed by atoms with E-state index in [1.165, 1.54) is 77.0 Å². The van der Waals surface area contributed by atoms with Gasteiger partial charge < -0.3 is 37.9 Å². The Morgan fingerprint density at radius 3 is 0.941 bits per heavy atom. The Morgan fingerprint density at radius 2 is 0.691 bits per heavy atom. The van der Waals surface area contributed by atoms with Crippen molar-refractivity contribution in [2.75, 3.05) is 79.3 Å². The maximum absolute atomic E-state index is 6.89. The van der Waals surface area contributed by atoms with E-state index >= 15 is 0 Å². The van der Waals surface area contributed by atoms with Gasteiger partial charge in [-0.2, -0.15) is 0 Å². The second-order valence-electron chi connectivity index (χ2n) is 20.7. The molecule has 8 nitrogen and oxygen atoms in total. The summed E-state index contributed by atoms with van der Waals surface area (Å²) >= 11 is 3.47. The van der Waals surface area contributed by atoms with Gasteiger partial charge in [-0.15, -0.1) is 22.7 Å². The van der Waals surface area contributed by atoms with Crippen LogP contribution in [0.5, 0.6) is 23.0 Å². The molecule has 4 heterocycles. The van der Waals surface area contributed by atoms with E-state index in [0.29, 0.717) is 76.5 Å². The molecular formula is C58H94O8S2. The van der Waals surface area contributed by atoms with Crippen molar-refractivity contribution in [3.63, 3.8) is 0 Å². The van der Waals surface area contributed by atoms with E-state index in [-0.39, 0.29) is 0 Å². The Hall–Kier alpha value is -2.34. The molecule has 10 heteroatoms. The summed E-state index contributed by atoms with van der Waals surface area (Å²) in [5.74, 6) is 5.61. The zero-order valence-corrected chi connectivity index (χ0v) is 46.1. The minimum Gasteiger partial charge on any atom is -0.488 e. The Bertz CT molecular complexity index is 1660. The van der Waals surface area contributed by atoms with Crippen LogP contribution >= 0.6 is 22.7 Å². The van der Waals surface area contributed by atoms with Crippen LogP contribution in [0.1, 0.15) is 168 Å². The lowest BCUT2D eigenvalue weighted by Gasteiger charge is -2.32. The molecule has 0 radical (unpaired) electrons. The zero-order valence-electron chi connectivity index (χ0n) is 44.5. The number of thiophene rings is 2. The summed E-state index contributed by atoms with van der Waals surface area (Å²) in [6.45, 7) is 29.6. The van der Waals surface area contributed by atoms with E-state index in [2.05, 4.69) is 93.5 Å². The maximum Gasteiger partial charge on any atom is 0.180 e. The molecule has 68 heavy (non-hydrogen) atoms. The van der Waals surface area contributed by atoms with Crippen LogP contribution < -0.4 is 18.9 Å². The molecule has 1 aromatic carbocycles. The first-order valence-corrected chi connectivity index (χ1v) is 28.9. The van der Waals surface area contributed by atoms with Crippen molar-refractivity contribution < 1.29 is 37.9 Å². The summed E-state index contributed by atoms with van der Waals surface area (Å²) in [5.41, 5.74) is 1.38. The SMILES string of the molecule is CCCCC(CC)COCC1(COCC(CC)CCCC)COc2c(C)sc(-c3ccc(-c4sc(C)c5c4OCC(COCC(CC)CCCC)(COCC(CC)CCCC)CO5)cc3)c2OC1. The number of rotatable bonds is 34. The summed E-state index contributed by atoms with van der Waals surface area (Å²) in [5, 5.41) is 0. The molecule has 0 fully saturated rings. The van der Waals surface area contributed by atoms with E-state index in [1.807, 2.05) is 0 Å². The van der Waals surface area contributed by atoms with Crippen molar-refractivity contribution in [1.82, 2.24) is 0 Å². The lowest BCUT2D eigenvalue weighted by atomic mass is 9.91. The van der Waals surface area contributed by atoms with Gasteiger partial charge >= 0.3 is 0 Å². The van der Waals surface area contributed by atoms with Crippen molar-refractivity contribution in [2.45, 2.75) is 172 Å². The average molecular weight is 984 g/mol. The Balaban J connectivity index is 1.32. The van der Waals surface area contributed by atoms with Crippen LogP contribution in [0.15, 0.2) is 24.3 Å². The van der Waals surface area contributed by atoms with Gasteiger partial charge in [0, 0.05) is 36.2 Å². The summed E-state index contributed by atoms with van der Waals surface area (Å²) in [4.78, 5) is 4.41. The van der Waals surface area contributed by atoms with Gasteiger partial charge in [-0.1, -0.05) is 157 Å². The zero-order chi connectivity index (χ0) is 48.8. The second-order valence-corrected chi connectivity index (χ2v) is 23.2. The van der Waals surface area contributed by atoms with Gasteiger partial charge in [-0.25, -0.2) is 0 Å². The van der Waals surface area contributed by atoms with Crippen LogP contribution in [0.3, 0.4) is 0 Å². The van der Waals surface area contributed by atoms with Gasteiger partial charge in [0.25, 0.3) is 0 Å². The van der Waals surface area contributed by atoms with Crippen LogP contribution in [-0.4, -0.2) is 79.3 Å². The summed E-state index contributed by atoms with van der Waals surface area (Å²) in [7, 11) is 0. The Morgan fingerprint density at radius 1 is 0.426 bits per heavy atom. The van der Waals surface area contributed by atoms with Crippen LogP contribution in [0.25, 0.3) is 20.9 Å². The molecule has 0 amide bonds. The fraction of sp³-hybridized carbons (Fsp3) is 0.759. The van der Waals surface area contributed by atoms with Crippen LogP contribution in [0.4, 0.5) is 0 Å². The lowest BCUT2D eigenvalue weighted by Crippen LogP contribution is -2.43. The van der Waals surface area contributed by atoms with Crippen molar-refractivity contribution in [2.24, 2.45) is 34.5 Å². The van der Waals surface area contributed by atoms with Crippen LogP contribution in [-0.2, 0) is 18.9 Å². The Kier molecular flexibility index (Phi) is 24.9. The summed E-state index contributed by atoms with van der Waals surface area (Å²) in [6.07, 6.45) is 19.1. The third-order valence-corrected chi connectivity index (χ3v) is 16.9. The molecule has 0 saturated heterocycles. The number of ether oxygens (including phenoxy) is 8. The minimum atomic E-state index is -0.414. The first-order chi connectivity index (χ1) is 33.1. The monoisotopic (exact) mass is 983 g/mol. The van der Waals surface area contributed by atoms with Crippen molar-refractivity contribution in [1.29, 1.82) is 0 Å². The minimum absolute atomic E-state index is 0.414. The van der Waals surface area contributed by atoms with E-state index in [9.17, 15) is 0 Å². The van der Waals surface area contributed by atoms with Gasteiger partial charge in [0.15, 0.2) is 23.0 Å². The summed E-state index contributed by atoms with van der Waals surface area (Å²) < 4.78 is 53.7. The number of unbranched alkanes of at least 4 members (excludes halogenated alkanes) is 4. The number of hydrogen-bond donors (Lipinski definition) is 0. The van der Waals surface area contributed by atoms with Crippen LogP contribution in [0.2, 0.25) is 0 Å². The molecule has 4 atom stereocenters. The summed E-state index contributed by atoms with van der Waals surface area (Å²) in [6, 6.07) is 8.86. The van der Waals surface area contributed by atoms with E-state index in [0.717, 1.165) is 106 Å². The van der Waals surface area contributed by atoms with Gasteiger partial charge in [-0.3, -0.25) is 0 Å². The molecule has 3 aromatic rings. The van der Waals surface area contributed by atoms with E-state index in [1.54, 1.807) is 22.7 Å². The first kappa shape index (κ1) is 56.6. The molecule has 5 rings (SSSR count). The molecule has 386 valence electrons. The normalized spacial score (nSPS) is 19.9. The second kappa shape index (κ2) is 29.9. The number of hydrogen-bond acceptors (Lipinski definition) is 10. The first-order valence-electron chi connectivity index (χ1n) is 27.3. The largest absolute Gasteiger partial charge is 0.488 e. The molecule has 2 aliphatic rings. The highest BCUT2D eigenvalue weighted by molar-refractivity contribution is 7.16. The maximum atomic E-state index is 6.89. The molecule has 2 aliphatic heterocycles. The molecule has 2 aromatic heterocycles. The third-order valence-electron chi connectivity index (χ3n) is 14.7. The topological polar surface area (TPSA) is 73.8 Å². The number of benzene rings is 1. The highest BCUT2D eigenvalue weighted by Gasteiger charge is 2.40. The van der Waals surface area contributed by atoms with Gasteiger partial charge in [0.2, 0.25) is 0 Å². The van der Waals surface area contributed by atoms with E-state index < -0.39 is 10.8 Å². The fourth-order valence-corrected chi connectivity index (χ4v) is 11.6. The van der Waals surface area contributed by atoms with Gasteiger partial charge in [0.05, 0.1) is 47.0 Å². The lowest BCUT2D eigenvalue weighted by molar-refractivity contribution is -0.0716. The Labute approximate surface area is 422 Å². The highest BCUT2D eigenvalue weighted by atomic mass is 32.1. The molecule has 4 unspecified atom stereocenters. The predicted octanol–water partition coefficient (Wildman–Crippen LogP) is 16.2. The van der Waals surface area contributed by atoms with Gasteiger partial charge in [-0.05, 0) is 74.3 Å². The molecular weight excluding hydrogens is 889 g/mol. The smallest absolute Gasteiger partial charge is 0.180 e. The van der Waals surface area contributed by atoms with E-state index in [4.69, 9.17) is 37.9 Å². The fourth-order valence-electron chi connectivity index (χ4n) is 9.53. The van der Waals surface area contributed by atoms with Crippen molar-refractivity contribution >= 4 is 22.7 Å². The molecule has 0 aliphatic carbocycles.